The number of hydrogen-bond acceptors (Lipinski definition) is 4. The highest BCUT2D eigenvalue weighted by Crippen LogP contribution is 2.22. The number of rotatable bonds is 5. The third kappa shape index (κ3) is 3.77. The summed E-state index contributed by atoms with van der Waals surface area (Å²) in [6.45, 7) is 6.86. The van der Waals surface area contributed by atoms with E-state index in [-0.39, 0.29) is 0 Å². The molecule has 0 bridgehead atoms. The van der Waals surface area contributed by atoms with Crippen molar-refractivity contribution in [3.63, 3.8) is 0 Å². The highest BCUT2D eigenvalue weighted by atomic mass is 16.4. The number of nitrogens with one attached hydrogen (secondary N) is 1. The maximum Gasteiger partial charge on any atom is 0.235 e. The molecule has 3 rings (SSSR count). The molecule has 0 aliphatic rings. The molecular formula is C19H21N3O. The molecule has 0 saturated carbocycles. The molecule has 0 fully saturated rings. The molecule has 0 unspecified atom stereocenters. The largest absolute Gasteiger partial charge is 0.423 e. The van der Waals surface area contributed by atoms with Gasteiger partial charge in [-0.05, 0) is 37.5 Å². The van der Waals surface area contributed by atoms with E-state index in [2.05, 4.69) is 60.6 Å². The Bertz CT molecular complexity index is 770. The van der Waals surface area contributed by atoms with Crippen LogP contribution in [-0.2, 0) is 13.0 Å². The molecule has 0 aliphatic carbocycles. The molecule has 0 radical (unpaired) electrons. The van der Waals surface area contributed by atoms with Crippen molar-refractivity contribution in [2.75, 3.05) is 5.32 Å². The van der Waals surface area contributed by atoms with Crippen LogP contribution in [0.25, 0.3) is 0 Å². The van der Waals surface area contributed by atoms with Crippen LogP contribution in [0.5, 0.6) is 0 Å². The summed E-state index contributed by atoms with van der Waals surface area (Å²) < 4.78 is 5.73. The summed E-state index contributed by atoms with van der Waals surface area (Å²) in [5, 5.41) is 11.7. The Morgan fingerprint density at radius 2 is 1.57 bits per heavy atom. The number of aromatic nitrogens is 2. The van der Waals surface area contributed by atoms with Crippen LogP contribution in [0.4, 0.5) is 5.69 Å². The third-order valence-corrected chi connectivity index (χ3v) is 3.80. The molecule has 1 aromatic heterocycles. The smallest absolute Gasteiger partial charge is 0.235 e. The van der Waals surface area contributed by atoms with Crippen LogP contribution in [0.2, 0.25) is 0 Å². The van der Waals surface area contributed by atoms with Gasteiger partial charge in [0.25, 0.3) is 0 Å². The molecule has 0 amide bonds. The van der Waals surface area contributed by atoms with E-state index in [9.17, 15) is 0 Å². The summed E-state index contributed by atoms with van der Waals surface area (Å²) in [5.74, 6) is 1.25. The van der Waals surface area contributed by atoms with E-state index in [1.54, 1.807) is 0 Å². The van der Waals surface area contributed by atoms with Gasteiger partial charge in [0.05, 0.1) is 13.0 Å². The number of benzene rings is 2. The standard InChI is InChI=1S/C19H21N3O/c1-13-9-14(2)19(15(3)10-13)20-12-18-22-21-17(23-18)11-16-7-5-4-6-8-16/h4-10,20H,11-12H2,1-3H3. The van der Waals surface area contributed by atoms with Gasteiger partial charge in [-0.3, -0.25) is 0 Å². The number of anilines is 1. The zero-order valence-electron chi connectivity index (χ0n) is 13.8. The van der Waals surface area contributed by atoms with Gasteiger partial charge in [-0.25, -0.2) is 0 Å². The highest BCUT2D eigenvalue weighted by Gasteiger charge is 2.09. The van der Waals surface area contributed by atoms with Crippen molar-refractivity contribution in [1.29, 1.82) is 0 Å². The fourth-order valence-electron chi connectivity index (χ4n) is 2.82. The Labute approximate surface area is 136 Å². The van der Waals surface area contributed by atoms with Gasteiger partial charge in [-0.2, -0.15) is 0 Å². The Kier molecular flexibility index (Phi) is 4.42. The quantitative estimate of drug-likeness (QED) is 0.767. The summed E-state index contributed by atoms with van der Waals surface area (Å²) in [5.41, 5.74) is 6.03. The van der Waals surface area contributed by atoms with Gasteiger partial charge in [0.1, 0.15) is 0 Å². The molecule has 1 N–H and O–H groups in total. The Morgan fingerprint density at radius 3 is 2.26 bits per heavy atom. The van der Waals surface area contributed by atoms with Crippen LogP contribution in [-0.4, -0.2) is 10.2 Å². The molecule has 4 nitrogen and oxygen atoms in total. The van der Waals surface area contributed by atoms with E-state index in [4.69, 9.17) is 4.42 Å². The summed E-state index contributed by atoms with van der Waals surface area (Å²) in [6, 6.07) is 14.5. The number of hydrogen-bond donors (Lipinski definition) is 1. The summed E-state index contributed by atoms with van der Waals surface area (Å²) in [4.78, 5) is 0. The topological polar surface area (TPSA) is 51.0 Å². The Balaban J connectivity index is 1.66. The van der Waals surface area contributed by atoms with Gasteiger partial charge < -0.3 is 9.73 Å². The van der Waals surface area contributed by atoms with Crippen molar-refractivity contribution >= 4 is 5.69 Å². The Hall–Kier alpha value is -2.62. The van der Waals surface area contributed by atoms with Gasteiger partial charge in [0, 0.05) is 5.69 Å². The Morgan fingerprint density at radius 1 is 0.913 bits per heavy atom. The van der Waals surface area contributed by atoms with E-state index in [0.29, 0.717) is 24.7 Å². The van der Waals surface area contributed by atoms with Gasteiger partial charge in [-0.15, -0.1) is 10.2 Å². The normalized spacial score (nSPS) is 10.7. The highest BCUT2D eigenvalue weighted by molar-refractivity contribution is 5.58. The van der Waals surface area contributed by atoms with Crippen molar-refractivity contribution in [2.24, 2.45) is 0 Å². The molecule has 2 aromatic carbocycles. The lowest BCUT2D eigenvalue weighted by molar-refractivity contribution is 0.464. The number of nitrogens with zero attached hydrogens (tertiary/aromatic N) is 2. The average molecular weight is 307 g/mol. The molecule has 1 heterocycles. The van der Waals surface area contributed by atoms with Gasteiger partial charge in [0.15, 0.2) is 0 Å². The first-order chi connectivity index (χ1) is 11.1. The van der Waals surface area contributed by atoms with Crippen LogP contribution in [0, 0.1) is 20.8 Å². The van der Waals surface area contributed by atoms with Crippen LogP contribution < -0.4 is 5.32 Å². The van der Waals surface area contributed by atoms with E-state index >= 15 is 0 Å². The third-order valence-electron chi connectivity index (χ3n) is 3.80. The number of aryl methyl sites for hydroxylation is 3. The van der Waals surface area contributed by atoms with E-state index < -0.39 is 0 Å². The molecule has 3 aromatic rings. The lowest BCUT2D eigenvalue weighted by Crippen LogP contribution is -2.03. The SMILES string of the molecule is Cc1cc(C)c(NCc2nnc(Cc3ccccc3)o2)c(C)c1. The van der Waals surface area contributed by atoms with Gasteiger partial charge in [0.2, 0.25) is 11.8 Å². The first-order valence-electron chi connectivity index (χ1n) is 7.79. The molecule has 0 aliphatic heterocycles. The summed E-state index contributed by atoms with van der Waals surface area (Å²) in [6.07, 6.45) is 0.663. The van der Waals surface area contributed by atoms with Gasteiger partial charge >= 0.3 is 0 Å². The van der Waals surface area contributed by atoms with E-state index in [1.165, 1.54) is 22.3 Å². The predicted octanol–water partition coefficient (Wildman–Crippen LogP) is 4.20. The maximum absolute atomic E-state index is 5.73. The molecule has 0 spiro atoms. The minimum absolute atomic E-state index is 0.534. The molecule has 23 heavy (non-hydrogen) atoms. The van der Waals surface area contributed by atoms with Crippen molar-refractivity contribution in [3.8, 4) is 0 Å². The lowest BCUT2D eigenvalue weighted by Gasteiger charge is -2.12. The van der Waals surface area contributed by atoms with Crippen LogP contribution in [0.3, 0.4) is 0 Å². The van der Waals surface area contributed by atoms with Crippen molar-refractivity contribution in [1.82, 2.24) is 10.2 Å². The molecule has 0 saturated heterocycles. The lowest BCUT2D eigenvalue weighted by atomic mass is 10.1. The van der Waals surface area contributed by atoms with Crippen molar-refractivity contribution in [2.45, 2.75) is 33.7 Å². The second kappa shape index (κ2) is 6.65. The maximum atomic E-state index is 5.73. The predicted molar refractivity (Wildman–Crippen MR) is 91.5 cm³/mol. The average Bonchev–Trinajstić information content (AvgIpc) is 2.94. The molecule has 4 heteroatoms. The molecule has 0 atom stereocenters. The minimum atomic E-state index is 0.534. The van der Waals surface area contributed by atoms with Crippen LogP contribution >= 0.6 is 0 Å². The van der Waals surface area contributed by atoms with Crippen LogP contribution in [0.1, 0.15) is 34.0 Å². The minimum Gasteiger partial charge on any atom is -0.423 e. The zero-order valence-corrected chi connectivity index (χ0v) is 13.8. The van der Waals surface area contributed by atoms with E-state index in [1.807, 2.05) is 18.2 Å². The second-order valence-corrected chi connectivity index (χ2v) is 5.88. The summed E-state index contributed by atoms with van der Waals surface area (Å²) >= 11 is 0. The van der Waals surface area contributed by atoms with E-state index in [0.717, 1.165) is 5.69 Å². The van der Waals surface area contributed by atoms with Crippen molar-refractivity contribution in [3.05, 3.63) is 76.5 Å². The zero-order chi connectivity index (χ0) is 16.2. The fraction of sp³-hybridized carbons (Fsp3) is 0.263. The summed E-state index contributed by atoms with van der Waals surface area (Å²) in [7, 11) is 0. The first kappa shape index (κ1) is 15.3. The molecule has 118 valence electrons. The first-order valence-corrected chi connectivity index (χ1v) is 7.79. The van der Waals surface area contributed by atoms with Crippen molar-refractivity contribution < 1.29 is 4.42 Å². The van der Waals surface area contributed by atoms with Gasteiger partial charge in [-0.1, -0.05) is 48.0 Å². The molecular weight excluding hydrogens is 286 g/mol. The fourth-order valence-corrected chi connectivity index (χ4v) is 2.82. The second-order valence-electron chi connectivity index (χ2n) is 5.88. The van der Waals surface area contributed by atoms with Crippen LogP contribution in [0.15, 0.2) is 46.9 Å². The monoisotopic (exact) mass is 307 g/mol.